The van der Waals surface area contributed by atoms with E-state index in [0.717, 1.165) is 16.5 Å². The first-order valence-corrected chi connectivity index (χ1v) is 7.38. The van der Waals surface area contributed by atoms with Crippen molar-refractivity contribution < 1.29 is 19.7 Å². The maximum atomic E-state index is 10.4. The number of aliphatic hydroxyl groups is 1. The van der Waals surface area contributed by atoms with Gasteiger partial charge in [0.05, 0.1) is 0 Å². The molecule has 5 heteroatoms. The van der Waals surface area contributed by atoms with Crippen LogP contribution in [0.3, 0.4) is 0 Å². The molecule has 3 N–H and O–H groups in total. The van der Waals surface area contributed by atoms with Crippen molar-refractivity contribution in [3.63, 3.8) is 0 Å². The molecule has 0 aromatic heterocycles. The first-order valence-electron chi connectivity index (χ1n) is 7.38. The fourth-order valence-corrected chi connectivity index (χ4v) is 2.20. The number of hydrogen-bond donors (Lipinski definition) is 3. The van der Waals surface area contributed by atoms with Crippen molar-refractivity contribution in [2.24, 2.45) is 0 Å². The fourth-order valence-electron chi connectivity index (χ4n) is 2.20. The molecule has 0 saturated heterocycles. The molecule has 0 unspecified atom stereocenters. The van der Waals surface area contributed by atoms with Crippen molar-refractivity contribution in [1.82, 2.24) is 5.32 Å². The number of ether oxygens (including phenoxy) is 1. The molecule has 0 amide bonds. The minimum atomic E-state index is -0.804. The van der Waals surface area contributed by atoms with E-state index in [1.54, 1.807) is 0 Å². The van der Waals surface area contributed by atoms with Crippen LogP contribution in [0.1, 0.15) is 12.8 Å². The number of fused-ring (bicyclic) bond motifs is 1. The molecule has 0 heterocycles. The summed E-state index contributed by atoms with van der Waals surface area (Å²) >= 11 is 0. The molecule has 0 radical (unpaired) electrons. The zero-order chi connectivity index (χ0) is 15.8. The lowest BCUT2D eigenvalue weighted by Crippen LogP contribution is -2.32. The Kier molecular flexibility index (Phi) is 6.18. The minimum absolute atomic E-state index is 0.135. The number of rotatable bonds is 9. The number of aliphatic hydroxyl groups excluding tert-OH is 1. The fraction of sp³-hybridized carbons (Fsp3) is 0.353. The Morgan fingerprint density at radius 2 is 1.95 bits per heavy atom. The van der Waals surface area contributed by atoms with Gasteiger partial charge in [0.1, 0.15) is 18.5 Å². The van der Waals surface area contributed by atoms with Gasteiger partial charge < -0.3 is 20.3 Å². The monoisotopic (exact) mass is 303 g/mol. The van der Waals surface area contributed by atoms with Gasteiger partial charge in [-0.05, 0) is 24.4 Å². The average molecular weight is 303 g/mol. The maximum Gasteiger partial charge on any atom is 0.303 e. The first-order chi connectivity index (χ1) is 10.7. The molecule has 0 aliphatic rings. The lowest BCUT2D eigenvalue weighted by atomic mass is 10.1. The molecule has 2 rings (SSSR count). The largest absolute Gasteiger partial charge is 0.490 e. The van der Waals surface area contributed by atoms with Crippen molar-refractivity contribution in [2.75, 3.05) is 19.7 Å². The summed E-state index contributed by atoms with van der Waals surface area (Å²) < 4.78 is 5.69. The van der Waals surface area contributed by atoms with Gasteiger partial charge in [-0.25, -0.2) is 0 Å². The van der Waals surface area contributed by atoms with Gasteiger partial charge in [-0.15, -0.1) is 0 Å². The van der Waals surface area contributed by atoms with Gasteiger partial charge in [-0.3, -0.25) is 4.79 Å². The molecule has 0 aliphatic carbocycles. The van der Waals surface area contributed by atoms with Crippen LogP contribution in [0.25, 0.3) is 10.8 Å². The number of carbonyl (C=O) groups is 1. The highest BCUT2D eigenvalue weighted by Crippen LogP contribution is 2.25. The summed E-state index contributed by atoms with van der Waals surface area (Å²) in [6.45, 7) is 1.14. The van der Waals surface area contributed by atoms with Crippen molar-refractivity contribution in [3.05, 3.63) is 42.5 Å². The Labute approximate surface area is 129 Å². The van der Waals surface area contributed by atoms with Crippen molar-refractivity contribution in [2.45, 2.75) is 18.9 Å². The summed E-state index contributed by atoms with van der Waals surface area (Å²) in [6.07, 6.45) is 0.0470. The van der Waals surface area contributed by atoms with Crippen LogP contribution < -0.4 is 10.1 Å². The van der Waals surface area contributed by atoms with Crippen LogP contribution in [0.15, 0.2) is 42.5 Å². The van der Waals surface area contributed by atoms with Gasteiger partial charge in [0.2, 0.25) is 0 Å². The standard InChI is InChI=1S/C17H21NO4/c19-14(11-18-10-4-9-17(20)21)12-22-16-8-3-6-13-5-1-2-7-15(13)16/h1-3,5-8,14,18-19H,4,9-12H2,(H,20,21)/t14-/m1/s1. The van der Waals surface area contributed by atoms with E-state index >= 15 is 0 Å². The second-order valence-electron chi connectivity index (χ2n) is 5.14. The van der Waals surface area contributed by atoms with E-state index in [1.807, 2.05) is 42.5 Å². The quantitative estimate of drug-likeness (QED) is 0.618. The van der Waals surface area contributed by atoms with Crippen LogP contribution >= 0.6 is 0 Å². The van der Waals surface area contributed by atoms with Gasteiger partial charge in [0, 0.05) is 18.4 Å². The molecule has 0 fully saturated rings. The minimum Gasteiger partial charge on any atom is -0.490 e. The Morgan fingerprint density at radius 3 is 2.77 bits per heavy atom. The number of carboxylic acids is 1. The summed E-state index contributed by atoms with van der Waals surface area (Å²) in [6, 6.07) is 13.8. The third kappa shape index (κ3) is 5.02. The Hall–Kier alpha value is -2.11. The summed E-state index contributed by atoms with van der Waals surface area (Å²) in [7, 11) is 0. The molecule has 1 atom stereocenters. The van der Waals surface area contributed by atoms with E-state index in [1.165, 1.54) is 0 Å². The van der Waals surface area contributed by atoms with Crippen LogP contribution in [-0.4, -0.2) is 42.0 Å². The SMILES string of the molecule is O=C(O)CCCNC[C@@H](O)COc1cccc2ccccc12. The zero-order valence-electron chi connectivity index (χ0n) is 12.4. The molecule has 0 saturated carbocycles. The molecule has 0 aliphatic heterocycles. The first kappa shape index (κ1) is 16.3. The van der Waals surface area contributed by atoms with Crippen molar-refractivity contribution in [1.29, 1.82) is 0 Å². The third-order valence-electron chi connectivity index (χ3n) is 3.31. The predicted octanol–water partition coefficient (Wildman–Crippen LogP) is 2.03. The maximum absolute atomic E-state index is 10.4. The molecule has 0 spiro atoms. The van der Waals surface area contributed by atoms with Crippen LogP contribution in [-0.2, 0) is 4.79 Å². The Balaban J connectivity index is 1.76. The zero-order valence-corrected chi connectivity index (χ0v) is 12.4. The highest BCUT2D eigenvalue weighted by Gasteiger charge is 2.07. The van der Waals surface area contributed by atoms with Gasteiger partial charge in [-0.2, -0.15) is 0 Å². The van der Waals surface area contributed by atoms with Crippen LogP contribution in [0.2, 0.25) is 0 Å². The van der Waals surface area contributed by atoms with Crippen molar-refractivity contribution in [3.8, 4) is 5.75 Å². The molecular formula is C17H21NO4. The van der Waals surface area contributed by atoms with E-state index in [2.05, 4.69) is 5.32 Å². The summed E-state index contributed by atoms with van der Waals surface area (Å²) in [5, 5.41) is 23.5. The van der Waals surface area contributed by atoms with Crippen molar-refractivity contribution >= 4 is 16.7 Å². The molecule has 0 bridgehead atoms. The lowest BCUT2D eigenvalue weighted by Gasteiger charge is -2.14. The molecular weight excluding hydrogens is 282 g/mol. The van der Waals surface area contributed by atoms with Gasteiger partial charge >= 0.3 is 5.97 Å². The van der Waals surface area contributed by atoms with Crippen LogP contribution in [0.4, 0.5) is 0 Å². The second kappa shape index (κ2) is 8.36. The van der Waals surface area contributed by atoms with Gasteiger partial charge in [0.15, 0.2) is 0 Å². The van der Waals surface area contributed by atoms with Gasteiger partial charge in [-0.1, -0.05) is 36.4 Å². The molecule has 22 heavy (non-hydrogen) atoms. The summed E-state index contributed by atoms with van der Waals surface area (Å²) in [5.41, 5.74) is 0. The number of aliphatic carboxylic acids is 1. The predicted molar refractivity (Wildman–Crippen MR) is 85.2 cm³/mol. The molecule has 2 aromatic rings. The highest BCUT2D eigenvalue weighted by molar-refractivity contribution is 5.88. The number of nitrogens with one attached hydrogen (secondary N) is 1. The topological polar surface area (TPSA) is 78.8 Å². The third-order valence-corrected chi connectivity index (χ3v) is 3.31. The van der Waals surface area contributed by atoms with Crippen LogP contribution in [0.5, 0.6) is 5.75 Å². The summed E-state index contributed by atoms with van der Waals surface area (Å²) in [4.78, 5) is 10.4. The van der Waals surface area contributed by atoms with E-state index in [4.69, 9.17) is 9.84 Å². The van der Waals surface area contributed by atoms with E-state index in [0.29, 0.717) is 19.5 Å². The highest BCUT2D eigenvalue weighted by atomic mass is 16.5. The average Bonchev–Trinajstić information content (AvgIpc) is 2.52. The number of hydrogen-bond acceptors (Lipinski definition) is 4. The van der Waals surface area contributed by atoms with E-state index in [9.17, 15) is 9.90 Å². The number of carboxylic acid groups (broad SMARTS) is 1. The lowest BCUT2D eigenvalue weighted by molar-refractivity contribution is -0.137. The molecule has 2 aromatic carbocycles. The van der Waals surface area contributed by atoms with Gasteiger partial charge in [0.25, 0.3) is 0 Å². The number of benzene rings is 2. The Morgan fingerprint density at radius 1 is 1.18 bits per heavy atom. The second-order valence-corrected chi connectivity index (χ2v) is 5.14. The molecule has 5 nitrogen and oxygen atoms in total. The van der Waals surface area contributed by atoms with E-state index < -0.39 is 12.1 Å². The van der Waals surface area contributed by atoms with Crippen LogP contribution in [0, 0.1) is 0 Å². The van der Waals surface area contributed by atoms with E-state index in [-0.39, 0.29) is 13.0 Å². The summed E-state index contributed by atoms with van der Waals surface area (Å²) in [5.74, 6) is -0.0512. The smallest absolute Gasteiger partial charge is 0.303 e. The normalized spacial score (nSPS) is 12.2. The molecule has 118 valence electrons. The Bertz CT molecular complexity index is 609.